The van der Waals surface area contributed by atoms with Crippen LogP contribution in [0, 0.1) is 13.8 Å². The molecule has 0 saturated heterocycles. The zero-order valence-electron chi connectivity index (χ0n) is 18.6. The van der Waals surface area contributed by atoms with Crippen molar-refractivity contribution < 1.29 is 28.5 Å². The number of fused-ring (bicyclic) bond motifs is 2. The molecule has 34 heavy (non-hydrogen) atoms. The molecule has 2 aliphatic rings. The zero-order chi connectivity index (χ0) is 25.7. The van der Waals surface area contributed by atoms with Gasteiger partial charge in [-0.1, -0.05) is 29.3 Å². The number of rotatable bonds is 2. The van der Waals surface area contributed by atoms with Crippen molar-refractivity contribution in [3.05, 3.63) is 47.0 Å². The van der Waals surface area contributed by atoms with Gasteiger partial charge in [-0.05, 0) is 49.2 Å². The van der Waals surface area contributed by atoms with Crippen molar-refractivity contribution >= 4 is 79.0 Å². The average Bonchev–Trinajstić information content (AvgIpc) is 2.78. The molecule has 13 heteroatoms. The van der Waals surface area contributed by atoms with Gasteiger partial charge in [0.05, 0.1) is 0 Å². The van der Waals surface area contributed by atoms with Gasteiger partial charge in [0.15, 0.2) is 23.0 Å². The van der Waals surface area contributed by atoms with Crippen LogP contribution in [0.3, 0.4) is 0 Å². The number of aryl methyl sites for hydroxylation is 2. The molecular weight excluding hydrogens is 680 g/mol. The number of benzene rings is 2. The molecule has 190 valence electrons. The molecule has 2 aromatic carbocycles. The van der Waals surface area contributed by atoms with Crippen LogP contribution in [0.15, 0.2) is 30.3 Å². The van der Waals surface area contributed by atoms with Crippen LogP contribution in [-0.2, 0) is 4.74 Å². The van der Waals surface area contributed by atoms with Gasteiger partial charge < -0.3 is 23.7 Å². The van der Waals surface area contributed by atoms with E-state index in [1.54, 1.807) is 6.07 Å². The minimum absolute atomic E-state index is 0.550. The fraction of sp³-hybridized carbons (Fsp3) is 0.381. The number of carbonyl (C=O) groups excluding carboxylic acids is 1. The van der Waals surface area contributed by atoms with E-state index in [2.05, 4.69) is 4.74 Å². The van der Waals surface area contributed by atoms with Gasteiger partial charge in [0.1, 0.15) is 32.7 Å². The maximum absolute atomic E-state index is 10.6. The van der Waals surface area contributed by atoms with E-state index in [0.717, 1.165) is 29.1 Å². The van der Waals surface area contributed by atoms with Gasteiger partial charge in [-0.25, -0.2) is 0 Å². The fourth-order valence-electron chi connectivity index (χ4n) is 2.48. The van der Waals surface area contributed by atoms with Crippen LogP contribution in [0.25, 0.3) is 0 Å². The molecule has 0 saturated carbocycles. The molecule has 4 rings (SSSR count). The molecule has 0 fully saturated rings. The van der Waals surface area contributed by atoms with Crippen molar-refractivity contribution in [2.24, 2.45) is 0 Å². The predicted molar refractivity (Wildman–Crippen MR) is 141 cm³/mol. The second-order valence-electron chi connectivity index (χ2n) is 6.54. The first-order valence-corrected chi connectivity index (χ1v) is 25.1. The van der Waals surface area contributed by atoms with E-state index >= 15 is 0 Å². The number of halogens is 6. The van der Waals surface area contributed by atoms with Gasteiger partial charge in [0.2, 0.25) is 5.02 Å². The second-order valence-corrected chi connectivity index (χ2v) is 33.0. The molecule has 6 nitrogen and oxygen atoms in total. The predicted octanol–water partition coefficient (Wildman–Crippen LogP) is 7.12. The molecule has 2 aliphatic heterocycles. The molecule has 0 bridgehead atoms. The maximum atomic E-state index is 10.6. The molecule has 2 heterocycles. The molecule has 0 N–H and O–H groups in total. The SMILES string of the molecule is COC(Cl)Cl.Cc1cc2c(cc1C=O)OCCO2.Cc1ccc2c(c1)OCCO2.[Cl][Sn]([Cl])([Cl])[Cl]. The van der Waals surface area contributed by atoms with E-state index in [1.165, 1.54) is 12.7 Å². The van der Waals surface area contributed by atoms with Gasteiger partial charge in [-0.3, -0.25) is 4.79 Å². The van der Waals surface area contributed by atoms with Crippen LogP contribution in [0.4, 0.5) is 0 Å². The molecule has 0 unspecified atom stereocenters. The first-order chi connectivity index (χ1) is 15.9. The summed E-state index contributed by atoms with van der Waals surface area (Å²) in [6.07, 6.45) is 0.827. The van der Waals surface area contributed by atoms with Crippen LogP contribution < -0.4 is 18.9 Å². The summed E-state index contributed by atoms with van der Waals surface area (Å²) < 4.78 is 25.7. The monoisotopic (exact) mass is 702 g/mol. The number of hydrogen-bond acceptors (Lipinski definition) is 6. The standard InChI is InChI=1S/C10H10O3.C9H10O2.C2H4Cl2O.4ClH.Sn/c1-7-4-9-10(5-8(7)6-11)13-3-2-12-9;1-7-2-3-8-9(6-7)11-5-4-10-8;1-5-2(3)4;;;;;/h4-6H,2-3H2,1H3;2-3,6H,4-5H2,1H3;2H,1H3;4*1H;/q;;;;;;;+4/p-4. The first-order valence-electron chi connectivity index (χ1n) is 9.72. The van der Waals surface area contributed by atoms with Crippen molar-refractivity contribution in [3.63, 3.8) is 0 Å². The van der Waals surface area contributed by atoms with Crippen molar-refractivity contribution in [3.8, 4) is 23.0 Å². The Morgan fingerprint density at radius 1 is 0.824 bits per heavy atom. The molecule has 0 spiro atoms. The normalized spacial score (nSPS) is 13.2. The number of alkyl halides is 2. The molecule has 0 aliphatic carbocycles. The Bertz CT molecular complexity index is 904. The van der Waals surface area contributed by atoms with E-state index in [-0.39, 0.29) is 0 Å². The third kappa shape index (κ3) is 13.8. The molecule has 0 radical (unpaired) electrons. The summed E-state index contributed by atoms with van der Waals surface area (Å²) in [6, 6.07) is 9.51. The Morgan fingerprint density at radius 2 is 1.24 bits per heavy atom. The van der Waals surface area contributed by atoms with Crippen LogP contribution in [0.2, 0.25) is 0 Å². The summed E-state index contributed by atoms with van der Waals surface area (Å²) in [5.74, 6) is 3.13. The zero-order valence-corrected chi connectivity index (χ0v) is 26.0. The van der Waals surface area contributed by atoms with Crippen LogP contribution in [-0.4, -0.2) is 58.7 Å². The van der Waals surface area contributed by atoms with E-state index in [0.29, 0.717) is 37.7 Å². The van der Waals surface area contributed by atoms with Gasteiger partial charge in [0.25, 0.3) is 0 Å². The van der Waals surface area contributed by atoms with E-state index < -0.39 is 18.9 Å². The van der Waals surface area contributed by atoms with E-state index in [4.69, 9.17) is 77.8 Å². The average molecular weight is 704 g/mol. The van der Waals surface area contributed by atoms with Gasteiger partial charge >= 0.3 is 49.6 Å². The second kappa shape index (κ2) is 16.5. The number of hydrogen-bond donors (Lipinski definition) is 0. The Balaban J connectivity index is 0.000000249. The number of methoxy groups -OCH3 is 1. The van der Waals surface area contributed by atoms with Crippen LogP contribution in [0.5, 0.6) is 23.0 Å². The first kappa shape index (κ1) is 31.8. The number of carbonyl (C=O) groups is 1. The van der Waals surface area contributed by atoms with E-state index in [1.807, 2.05) is 38.1 Å². The van der Waals surface area contributed by atoms with Crippen molar-refractivity contribution in [1.29, 1.82) is 0 Å². The Morgan fingerprint density at radius 3 is 1.68 bits per heavy atom. The van der Waals surface area contributed by atoms with Crippen molar-refractivity contribution in [1.82, 2.24) is 0 Å². The Hall–Kier alpha value is -0.191. The van der Waals surface area contributed by atoms with Crippen LogP contribution in [0.1, 0.15) is 21.5 Å². The Labute approximate surface area is 228 Å². The third-order valence-corrected chi connectivity index (χ3v) is 4.29. The fourth-order valence-corrected chi connectivity index (χ4v) is 2.48. The molecule has 2 aromatic rings. The van der Waals surface area contributed by atoms with Gasteiger partial charge in [-0.15, -0.1) is 0 Å². The molecule has 0 atom stereocenters. The summed E-state index contributed by atoms with van der Waals surface area (Å²) in [7, 11) is 21.6. The summed E-state index contributed by atoms with van der Waals surface area (Å²) in [6.45, 7) is 6.37. The number of ether oxygens (including phenoxy) is 5. The van der Waals surface area contributed by atoms with Gasteiger partial charge in [0, 0.05) is 12.7 Å². The van der Waals surface area contributed by atoms with Gasteiger partial charge in [-0.2, -0.15) is 0 Å². The quantitative estimate of drug-likeness (QED) is 0.189. The topological polar surface area (TPSA) is 63.2 Å². The summed E-state index contributed by atoms with van der Waals surface area (Å²) in [5, 5.41) is -0.671. The summed E-state index contributed by atoms with van der Waals surface area (Å²) >= 11 is 6.72. The van der Waals surface area contributed by atoms with E-state index in [9.17, 15) is 4.79 Å². The minimum atomic E-state index is -3.29. The summed E-state index contributed by atoms with van der Waals surface area (Å²) in [5.41, 5.74) is 2.78. The number of aldehydes is 1. The van der Waals surface area contributed by atoms with Crippen LogP contribution >= 0.6 is 58.9 Å². The summed E-state index contributed by atoms with van der Waals surface area (Å²) in [4.78, 5) is 10.6. The Kier molecular flexibility index (Phi) is 15.5. The molecular formula is C21H24Cl6O6Sn. The van der Waals surface area contributed by atoms with Crippen molar-refractivity contribution in [2.75, 3.05) is 33.5 Å². The third-order valence-electron chi connectivity index (χ3n) is 3.93. The molecule has 0 amide bonds. The van der Waals surface area contributed by atoms with Crippen molar-refractivity contribution in [2.45, 2.75) is 18.9 Å². The molecule has 0 aromatic heterocycles.